The number of carbonyl (C=O) groups is 1. The van der Waals surface area contributed by atoms with Crippen LogP contribution >= 0.6 is 11.6 Å². The molecule has 0 spiro atoms. The van der Waals surface area contributed by atoms with Crippen LogP contribution in [0.4, 0.5) is 5.69 Å². The molecule has 4 nitrogen and oxygen atoms in total. The van der Waals surface area contributed by atoms with Gasteiger partial charge < -0.3 is 15.6 Å². The van der Waals surface area contributed by atoms with Crippen molar-refractivity contribution in [2.24, 2.45) is 0 Å². The summed E-state index contributed by atoms with van der Waals surface area (Å²) in [4.78, 5) is 10.9. The number of carboxylic acids is 1. The highest BCUT2D eigenvalue weighted by atomic mass is 35.5. The van der Waals surface area contributed by atoms with E-state index in [-0.39, 0.29) is 16.3 Å². The topological polar surface area (TPSA) is 72.5 Å². The fraction of sp³-hybridized carbons (Fsp3) is 0.222. The number of methoxy groups -OCH3 is 1. The van der Waals surface area contributed by atoms with E-state index in [9.17, 15) is 4.79 Å². The summed E-state index contributed by atoms with van der Waals surface area (Å²) in [5, 5.41) is 8.97. The van der Waals surface area contributed by atoms with Crippen LogP contribution in [-0.4, -0.2) is 18.2 Å². The van der Waals surface area contributed by atoms with Gasteiger partial charge in [0.15, 0.2) is 0 Å². The van der Waals surface area contributed by atoms with Crippen LogP contribution in [0.5, 0.6) is 5.75 Å². The molecular formula is C9H10ClNO3. The number of hydrogen-bond acceptors (Lipinski definition) is 3. The number of benzene rings is 1. The summed E-state index contributed by atoms with van der Waals surface area (Å²) in [5.74, 6) is -0.842. The number of halogens is 1. The molecule has 5 heteroatoms. The largest absolute Gasteiger partial charge is 0.495 e. The number of nitrogens with two attached hydrogens (primary N) is 1. The van der Waals surface area contributed by atoms with Gasteiger partial charge in [-0.3, -0.25) is 0 Å². The smallest absolute Gasteiger partial charge is 0.337 e. The Morgan fingerprint density at radius 3 is 2.64 bits per heavy atom. The van der Waals surface area contributed by atoms with E-state index in [0.717, 1.165) is 0 Å². The van der Waals surface area contributed by atoms with Gasteiger partial charge in [0.2, 0.25) is 0 Å². The van der Waals surface area contributed by atoms with Crippen LogP contribution in [0.15, 0.2) is 6.07 Å². The Morgan fingerprint density at radius 1 is 1.64 bits per heavy atom. The number of anilines is 1. The molecular weight excluding hydrogens is 206 g/mol. The molecule has 0 aromatic heterocycles. The van der Waals surface area contributed by atoms with Crippen molar-refractivity contribution in [2.75, 3.05) is 12.8 Å². The normalized spacial score (nSPS) is 9.93. The minimum absolute atomic E-state index is 0.0106. The molecule has 0 bridgehead atoms. The van der Waals surface area contributed by atoms with Crippen LogP contribution in [0.25, 0.3) is 0 Å². The Balaban J connectivity index is 3.53. The van der Waals surface area contributed by atoms with Gasteiger partial charge in [-0.25, -0.2) is 4.79 Å². The molecule has 0 aliphatic rings. The average Bonchev–Trinajstić information content (AvgIpc) is 2.11. The van der Waals surface area contributed by atoms with E-state index in [1.54, 1.807) is 6.92 Å². The first-order valence-electron chi connectivity index (χ1n) is 3.85. The van der Waals surface area contributed by atoms with Crippen LogP contribution < -0.4 is 10.5 Å². The van der Waals surface area contributed by atoms with E-state index >= 15 is 0 Å². The summed E-state index contributed by atoms with van der Waals surface area (Å²) < 4.78 is 4.90. The molecule has 14 heavy (non-hydrogen) atoms. The van der Waals surface area contributed by atoms with Gasteiger partial charge in [-0.1, -0.05) is 11.6 Å². The molecule has 0 fully saturated rings. The summed E-state index contributed by atoms with van der Waals surface area (Å²) in [7, 11) is 1.40. The second-order valence-corrected chi connectivity index (χ2v) is 3.17. The van der Waals surface area contributed by atoms with Crippen LogP contribution in [0, 0.1) is 6.92 Å². The van der Waals surface area contributed by atoms with E-state index in [4.69, 9.17) is 27.2 Å². The molecule has 1 aromatic rings. The molecule has 0 saturated heterocycles. The maximum absolute atomic E-state index is 10.9. The predicted molar refractivity (Wildman–Crippen MR) is 54.1 cm³/mol. The molecule has 0 saturated carbocycles. The molecule has 0 amide bonds. The van der Waals surface area contributed by atoms with Gasteiger partial charge in [0, 0.05) is 11.8 Å². The lowest BCUT2D eigenvalue weighted by atomic mass is 10.1. The van der Waals surface area contributed by atoms with Crippen LogP contribution in [0.2, 0.25) is 5.02 Å². The molecule has 0 heterocycles. The summed E-state index contributed by atoms with van der Waals surface area (Å²) in [6.45, 7) is 1.60. The van der Waals surface area contributed by atoms with Crippen molar-refractivity contribution in [3.8, 4) is 5.75 Å². The molecule has 1 aromatic carbocycles. The van der Waals surface area contributed by atoms with Crippen molar-refractivity contribution in [2.45, 2.75) is 6.92 Å². The van der Waals surface area contributed by atoms with Crippen molar-refractivity contribution in [1.82, 2.24) is 0 Å². The summed E-state index contributed by atoms with van der Waals surface area (Å²) in [6.07, 6.45) is 0. The standard InChI is InChI=1S/C9H10ClNO3/c1-4-5(11)3-6(14-2)8(10)7(4)9(12)13/h3H,11H2,1-2H3,(H,12,13). The Morgan fingerprint density at radius 2 is 2.21 bits per heavy atom. The highest BCUT2D eigenvalue weighted by Gasteiger charge is 2.18. The summed E-state index contributed by atoms with van der Waals surface area (Å²) in [5.41, 5.74) is 6.39. The maximum Gasteiger partial charge on any atom is 0.337 e. The van der Waals surface area contributed by atoms with Gasteiger partial charge in [-0.2, -0.15) is 0 Å². The van der Waals surface area contributed by atoms with Crippen molar-refractivity contribution in [1.29, 1.82) is 0 Å². The highest BCUT2D eigenvalue weighted by Crippen LogP contribution is 2.34. The zero-order chi connectivity index (χ0) is 10.9. The van der Waals surface area contributed by atoms with Crippen molar-refractivity contribution < 1.29 is 14.6 Å². The fourth-order valence-corrected chi connectivity index (χ4v) is 1.50. The Bertz CT molecular complexity index is 390. The number of nitrogen functional groups attached to an aromatic ring is 1. The first-order chi connectivity index (χ1) is 6.49. The molecule has 0 aliphatic heterocycles. The van der Waals surface area contributed by atoms with Gasteiger partial charge in [0.1, 0.15) is 5.75 Å². The third-order valence-electron chi connectivity index (χ3n) is 1.96. The zero-order valence-electron chi connectivity index (χ0n) is 7.80. The molecule has 0 atom stereocenters. The Hall–Kier alpha value is -1.42. The van der Waals surface area contributed by atoms with E-state index in [0.29, 0.717) is 11.3 Å². The SMILES string of the molecule is COc1cc(N)c(C)c(C(=O)O)c1Cl. The lowest BCUT2D eigenvalue weighted by Crippen LogP contribution is -2.05. The molecule has 0 aliphatic carbocycles. The van der Waals surface area contributed by atoms with Crippen molar-refractivity contribution >= 4 is 23.3 Å². The van der Waals surface area contributed by atoms with Gasteiger partial charge in [-0.15, -0.1) is 0 Å². The van der Waals surface area contributed by atoms with E-state index in [1.165, 1.54) is 13.2 Å². The maximum atomic E-state index is 10.9. The summed E-state index contributed by atoms with van der Waals surface area (Å²) >= 11 is 5.82. The van der Waals surface area contributed by atoms with Crippen LogP contribution in [0.3, 0.4) is 0 Å². The second kappa shape index (κ2) is 3.75. The first kappa shape index (κ1) is 10.7. The number of rotatable bonds is 2. The quantitative estimate of drug-likeness (QED) is 0.740. The number of hydrogen-bond donors (Lipinski definition) is 2. The minimum Gasteiger partial charge on any atom is -0.495 e. The molecule has 1 rings (SSSR count). The van der Waals surface area contributed by atoms with E-state index < -0.39 is 5.97 Å². The third kappa shape index (κ3) is 1.61. The van der Waals surface area contributed by atoms with Gasteiger partial charge in [0.25, 0.3) is 0 Å². The van der Waals surface area contributed by atoms with Crippen LogP contribution in [-0.2, 0) is 0 Å². The van der Waals surface area contributed by atoms with Crippen molar-refractivity contribution in [3.63, 3.8) is 0 Å². The number of ether oxygens (including phenoxy) is 1. The Labute approximate surface area is 86.2 Å². The molecule has 3 N–H and O–H groups in total. The summed E-state index contributed by atoms with van der Waals surface area (Å²) in [6, 6.07) is 1.50. The number of aromatic carboxylic acids is 1. The fourth-order valence-electron chi connectivity index (χ4n) is 1.15. The predicted octanol–water partition coefficient (Wildman–Crippen LogP) is 1.94. The number of carboxylic acid groups (broad SMARTS) is 1. The monoisotopic (exact) mass is 215 g/mol. The Kier molecular flexibility index (Phi) is 2.86. The van der Waals surface area contributed by atoms with Gasteiger partial charge in [-0.05, 0) is 12.5 Å². The third-order valence-corrected chi connectivity index (χ3v) is 2.34. The lowest BCUT2D eigenvalue weighted by molar-refractivity contribution is 0.0696. The van der Waals surface area contributed by atoms with Crippen LogP contribution in [0.1, 0.15) is 15.9 Å². The molecule has 0 radical (unpaired) electrons. The second-order valence-electron chi connectivity index (χ2n) is 2.79. The lowest BCUT2D eigenvalue weighted by Gasteiger charge is -2.10. The van der Waals surface area contributed by atoms with Gasteiger partial charge in [0.05, 0.1) is 17.7 Å². The van der Waals surface area contributed by atoms with Crippen molar-refractivity contribution in [3.05, 3.63) is 22.2 Å². The van der Waals surface area contributed by atoms with E-state index in [2.05, 4.69) is 0 Å². The molecule has 0 unspecified atom stereocenters. The highest BCUT2D eigenvalue weighted by molar-refractivity contribution is 6.35. The average molecular weight is 216 g/mol. The zero-order valence-corrected chi connectivity index (χ0v) is 8.55. The minimum atomic E-state index is -1.11. The van der Waals surface area contributed by atoms with E-state index in [1.807, 2.05) is 0 Å². The first-order valence-corrected chi connectivity index (χ1v) is 4.22. The molecule has 76 valence electrons. The van der Waals surface area contributed by atoms with Gasteiger partial charge >= 0.3 is 5.97 Å².